The zero-order chi connectivity index (χ0) is 18.7. The molecule has 1 aromatic heterocycles. The molecule has 6 nitrogen and oxygen atoms in total. The smallest absolute Gasteiger partial charge is 0.417 e. The minimum absolute atomic E-state index is 0.275. The summed E-state index contributed by atoms with van der Waals surface area (Å²) in [7, 11) is 0. The number of hydrogen-bond acceptors (Lipinski definition) is 5. The molecule has 0 aliphatic carbocycles. The summed E-state index contributed by atoms with van der Waals surface area (Å²) in [6.45, 7) is 0.550. The molecule has 1 aromatic carbocycles. The SMILES string of the molecule is O=C(O)c1ccc(N2CCCC[C@H]2Nc2ncccn2)cc1C(F)(F)F. The molecule has 2 N–H and O–H groups in total. The van der Waals surface area contributed by atoms with Crippen molar-refractivity contribution in [1.82, 2.24) is 9.97 Å². The van der Waals surface area contributed by atoms with Crippen molar-refractivity contribution in [3.8, 4) is 0 Å². The van der Waals surface area contributed by atoms with Crippen LogP contribution >= 0.6 is 0 Å². The molecular weight excluding hydrogens is 349 g/mol. The summed E-state index contributed by atoms with van der Waals surface area (Å²) in [5, 5.41) is 12.2. The lowest BCUT2D eigenvalue weighted by Crippen LogP contribution is -2.45. The first-order valence-electron chi connectivity index (χ1n) is 8.11. The second-order valence-electron chi connectivity index (χ2n) is 5.95. The lowest BCUT2D eigenvalue weighted by atomic mass is 10.0. The molecule has 1 fully saturated rings. The maximum Gasteiger partial charge on any atom is 0.417 e. The van der Waals surface area contributed by atoms with Crippen molar-refractivity contribution in [2.24, 2.45) is 0 Å². The van der Waals surface area contributed by atoms with Gasteiger partial charge in [0.05, 0.1) is 11.1 Å². The number of nitrogens with one attached hydrogen (secondary N) is 1. The molecule has 2 aromatic rings. The predicted octanol–water partition coefficient (Wildman–Crippen LogP) is 3.62. The van der Waals surface area contributed by atoms with Crippen LogP contribution in [0.25, 0.3) is 0 Å². The molecule has 2 heterocycles. The Labute approximate surface area is 147 Å². The summed E-state index contributed by atoms with van der Waals surface area (Å²) in [5.41, 5.74) is -1.59. The van der Waals surface area contributed by atoms with Gasteiger partial charge in [-0.15, -0.1) is 0 Å². The van der Waals surface area contributed by atoms with Crippen LogP contribution in [0.3, 0.4) is 0 Å². The fourth-order valence-corrected chi connectivity index (χ4v) is 3.05. The van der Waals surface area contributed by atoms with Crippen molar-refractivity contribution >= 4 is 17.6 Å². The van der Waals surface area contributed by atoms with Crippen molar-refractivity contribution in [3.05, 3.63) is 47.8 Å². The number of anilines is 2. The van der Waals surface area contributed by atoms with Crippen LogP contribution in [0.1, 0.15) is 35.2 Å². The van der Waals surface area contributed by atoms with Gasteiger partial charge in [-0.05, 0) is 43.5 Å². The number of carboxylic acid groups (broad SMARTS) is 1. The van der Waals surface area contributed by atoms with E-state index in [9.17, 15) is 18.0 Å². The highest BCUT2D eigenvalue weighted by Gasteiger charge is 2.36. The van der Waals surface area contributed by atoms with Gasteiger partial charge in [-0.3, -0.25) is 0 Å². The lowest BCUT2D eigenvalue weighted by molar-refractivity contribution is -0.138. The quantitative estimate of drug-likeness (QED) is 0.861. The number of carboxylic acids is 1. The molecule has 1 saturated heterocycles. The molecule has 0 radical (unpaired) electrons. The Kier molecular flexibility index (Phi) is 4.97. The van der Waals surface area contributed by atoms with Crippen molar-refractivity contribution in [1.29, 1.82) is 0 Å². The van der Waals surface area contributed by atoms with E-state index in [4.69, 9.17) is 5.11 Å². The summed E-state index contributed by atoms with van der Waals surface area (Å²) in [6.07, 6.45) is 0.585. The molecule has 3 rings (SSSR count). The highest BCUT2D eigenvalue weighted by Crippen LogP contribution is 2.36. The van der Waals surface area contributed by atoms with E-state index in [0.29, 0.717) is 24.6 Å². The summed E-state index contributed by atoms with van der Waals surface area (Å²) in [5.74, 6) is -1.21. The van der Waals surface area contributed by atoms with Crippen LogP contribution in [0.2, 0.25) is 0 Å². The monoisotopic (exact) mass is 366 g/mol. The Morgan fingerprint density at radius 2 is 1.96 bits per heavy atom. The topological polar surface area (TPSA) is 78.4 Å². The van der Waals surface area contributed by atoms with Gasteiger partial charge in [0.25, 0.3) is 0 Å². The third-order valence-electron chi connectivity index (χ3n) is 4.23. The second kappa shape index (κ2) is 7.19. The zero-order valence-electron chi connectivity index (χ0n) is 13.7. The molecule has 26 heavy (non-hydrogen) atoms. The van der Waals surface area contributed by atoms with Gasteiger partial charge in [-0.1, -0.05) is 0 Å². The van der Waals surface area contributed by atoms with Crippen LogP contribution < -0.4 is 10.2 Å². The Morgan fingerprint density at radius 3 is 2.62 bits per heavy atom. The first-order chi connectivity index (χ1) is 12.4. The Morgan fingerprint density at radius 1 is 1.23 bits per heavy atom. The number of rotatable bonds is 4. The number of piperidine rings is 1. The van der Waals surface area contributed by atoms with Gasteiger partial charge in [0.2, 0.25) is 5.95 Å². The van der Waals surface area contributed by atoms with Crippen molar-refractivity contribution in [2.45, 2.75) is 31.6 Å². The molecule has 138 valence electrons. The van der Waals surface area contributed by atoms with Gasteiger partial charge in [-0.2, -0.15) is 13.2 Å². The van der Waals surface area contributed by atoms with Gasteiger partial charge in [0.1, 0.15) is 6.17 Å². The first kappa shape index (κ1) is 18.0. The Bertz CT molecular complexity index is 783. The van der Waals surface area contributed by atoms with E-state index in [0.717, 1.165) is 25.0 Å². The van der Waals surface area contributed by atoms with Crippen LogP contribution in [0, 0.1) is 0 Å². The van der Waals surface area contributed by atoms with Gasteiger partial charge in [0, 0.05) is 24.6 Å². The van der Waals surface area contributed by atoms with Crippen LogP contribution in [0.15, 0.2) is 36.7 Å². The van der Waals surface area contributed by atoms with Crippen LogP contribution in [0.4, 0.5) is 24.8 Å². The van der Waals surface area contributed by atoms with Crippen LogP contribution in [-0.2, 0) is 6.18 Å². The first-order valence-corrected chi connectivity index (χ1v) is 8.11. The Balaban J connectivity index is 1.93. The third-order valence-corrected chi connectivity index (χ3v) is 4.23. The number of benzene rings is 1. The molecule has 0 spiro atoms. The summed E-state index contributed by atoms with van der Waals surface area (Å²) >= 11 is 0. The van der Waals surface area contributed by atoms with E-state index in [1.165, 1.54) is 6.07 Å². The van der Waals surface area contributed by atoms with E-state index in [-0.39, 0.29) is 6.17 Å². The molecule has 1 atom stereocenters. The Hall–Kier alpha value is -2.84. The maximum absolute atomic E-state index is 13.3. The second-order valence-corrected chi connectivity index (χ2v) is 5.95. The summed E-state index contributed by atoms with van der Waals surface area (Å²) in [6, 6.07) is 4.98. The number of nitrogens with zero attached hydrogens (tertiary/aromatic N) is 3. The average molecular weight is 366 g/mol. The van der Waals surface area contributed by atoms with Gasteiger partial charge >= 0.3 is 12.1 Å². The highest BCUT2D eigenvalue weighted by molar-refractivity contribution is 5.90. The number of aromatic carboxylic acids is 1. The fourth-order valence-electron chi connectivity index (χ4n) is 3.05. The van der Waals surface area contributed by atoms with E-state index in [1.807, 2.05) is 0 Å². The minimum atomic E-state index is -4.75. The molecule has 0 saturated carbocycles. The normalized spacial score (nSPS) is 17.8. The number of hydrogen-bond donors (Lipinski definition) is 2. The predicted molar refractivity (Wildman–Crippen MR) is 89.0 cm³/mol. The molecule has 0 bridgehead atoms. The number of aromatic nitrogens is 2. The molecule has 1 aliphatic heterocycles. The number of halogens is 3. The standard InChI is InChI=1S/C17H17F3N4O2/c18-17(19,20)13-10-11(5-6-12(13)15(25)26)24-9-2-1-4-14(24)23-16-21-7-3-8-22-16/h3,5-8,10,14H,1-2,4,9H2,(H,25,26)(H,21,22,23)/t14-/m0/s1. The van der Waals surface area contributed by atoms with Crippen molar-refractivity contribution in [3.63, 3.8) is 0 Å². The van der Waals surface area contributed by atoms with Crippen LogP contribution in [0.5, 0.6) is 0 Å². The van der Waals surface area contributed by atoms with E-state index < -0.39 is 23.3 Å². The summed E-state index contributed by atoms with van der Waals surface area (Å²) in [4.78, 5) is 21.1. The van der Waals surface area contributed by atoms with Gasteiger partial charge < -0.3 is 15.3 Å². The van der Waals surface area contributed by atoms with Crippen LogP contribution in [-0.4, -0.2) is 33.8 Å². The van der Waals surface area contributed by atoms with Crippen molar-refractivity contribution < 1.29 is 23.1 Å². The lowest BCUT2D eigenvalue weighted by Gasteiger charge is -2.38. The molecule has 0 unspecified atom stereocenters. The molecule has 0 amide bonds. The van der Waals surface area contributed by atoms with Gasteiger partial charge in [0.15, 0.2) is 0 Å². The molecule has 1 aliphatic rings. The van der Waals surface area contributed by atoms with E-state index >= 15 is 0 Å². The molecular formula is C17H17F3N4O2. The average Bonchev–Trinajstić information content (AvgIpc) is 2.62. The van der Waals surface area contributed by atoms with E-state index in [1.54, 1.807) is 23.4 Å². The van der Waals surface area contributed by atoms with E-state index in [2.05, 4.69) is 15.3 Å². The fraction of sp³-hybridized carbons (Fsp3) is 0.353. The number of alkyl halides is 3. The molecule has 9 heteroatoms. The number of carbonyl (C=O) groups is 1. The van der Waals surface area contributed by atoms with Crippen molar-refractivity contribution in [2.75, 3.05) is 16.8 Å². The summed E-state index contributed by atoms with van der Waals surface area (Å²) < 4.78 is 39.8. The minimum Gasteiger partial charge on any atom is -0.478 e. The highest BCUT2D eigenvalue weighted by atomic mass is 19.4. The zero-order valence-corrected chi connectivity index (χ0v) is 13.7. The van der Waals surface area contributed by atoms with Gasteiger partial charge in [-0.25, -0.2) is 14.8 Å². The maximum atomic E-state index is 13.3. The third kappa shape index (κ3) is 3.87. The largest absolute Gasteiger partial charge is 0.478 e.